The maximum absolute atomic E-state index is 14.3. The summed E-state index contributed by atoms with van der Waals surface area (Å²) >= 11 is 0. The molecule has 2 aliphatic carbocycles. The quantitative estimate of drug-likeness (QED) is 0.438. The standard InChI is InChI=1S/C33H53N3O5/c1-23-19-36(24(2)22-37)33(39)29-18-28(34-32(38)27-11-6-5-7-12-27)15-16-30(29)41-25(3)10-8-9-17-40-31(23)21-35(4)20-26-13-14-26/h15-16,18,23-27,31,37H,5-14,17,19-22H2,1-4H3,(H,34,38)/t23-,24-,25-,31-/m1/s1. The molecule has 0 aromatic heterocycles. The molecule has 0 spiro atoms. The Hall–Kier alpha value is -2.16. The van der Waals surface area contributed by atoms with E-state index in [0.29, 0.717) is 30.2 Å². The molecule has 8 nitrogen and oxygen atoms in total. The summed E-state index contributed by atoms with van der Waals surface area (Å²) < 4.78 is 12.8. The van der Waals surface area contributed by atoms with Crippen molar-refractivity contribution in [1.29, 1.82) is 0 Å². The Balaban J connectivity index is 1.59. The Morgan fingerprint density at radius 1 is 1.07 bits per heavy atom. The summed E-state index contributed by atoms with van der Waals surface area (Å²) in [6, 6.07) is 5.03. The van der Waals surface area contributed by atoms with Crippen LogP contribution in [-0.2, 0) is 9.53 Å². The van der Waals surface area contributed by atoms with Gasteiger partial charge in [0.15, 0.2) is 0 Å². The molecule has 2 amide bonds. The van der Waals surface area contributed by atoms with Gasteiger partial charge in [-0.15, -0.1) is 0 Å². The third-order valence-electron chi connectivity index (χ3n) is 9.05. The van der Waals surface area contributed by atoms with Gasteiger partial charge in [0.1, 0.15) is 5.75 Å². The van der Waals surface area contributed by atoms with Crippen LogP contribution in [0.15, 0.2) is 18.2 Å². The summed E-state index contributed by atoms with van der Waals surface area (Å²) in [6.45, 7) is 8.95. The van der Waals surface area contributed by atoms with E-state index in [0.717, 1.165) is 64.0 Å². The largest absolute Gasteiger partial charge is 0.490 e. The van der Waals surface area contributed by atoms with Crippen molar-refractivity contribution < 1.29 is 24.2 Å². The fourth-order valence-corrected chi connectivity index (χ4v) is 6.19. The molecular formula is C33H53N3O5. The van der Waals surface area contributed by atoms with Crippen LogP contribution < -0.4 is 10.1 Å². The molecule has 2 fully saturated rings. The number of aliphatic hydroxyl groups is 1. The third-order valence-corrected chi connectivity index (χ3v) is 9.05. The van der Waals surface area contributed by atoms with E-state index in [1.54, 1.807) is 11.0 Å². The molecule has 1 aliphatic heterocycles. The van der Waals surface area contributed by atoms with E-state index in [1.807, 2.05) is 26.0 Å². The highest BCUT2D eigenvalue weighted by molar-refractivity contribution is 6.00. The number of hydrogen-bond acceptors (Lipinski definition) is 6. The number of likely N-dealkylation sites (N-methyl/N-ethyl adjacent to an activating group) is 1. The summed E-state index contributed by atoms with van der Waals surface area (Å²) in [5.41, 5.74) is 1.03. The molecule has 1 aromatic carbocycles. The van der Waals surface area contributed by atoms with Crippen molar-refractivity contribution in [2.75, 3.05) is 45.2 Å². The van der Waals surface area contributed by atoms with Crippen LogP contribution >= 0.6 is 0 Å². The number of amides is 2. The molecule has 0 saturated heterocycles. The molecule has 0 radical (unpaired) electrons. The highest BCUT2D eigenvalue weighted by Gasteiger charge is 2.31. The molecule has 0 unspecified atom stereocenters. The molecule has 4 rings (SSSR count). The van der Waals surface area contributed by atoms with Crippen LogP contribution in [0.2, 0.25) is 0 Å². The lowest BCUT2D eigenvalue weighted by Crippen LogP contribution is -2.47. The first-order valence-corrected chi connectivity index (χ1v) is 16.1. The molecule has 1 heterocycles. The number of nitrogens with one attached hydrogen (secondary N) is 1. The van der Waals surface area contributed by atoms with Gasteiger partial charge < -0.3 is 29.7 Å². The van der Waals surface area contributed by atoms with Gasteiger partial charge in [0.2, 0.25) is 5.91 Å². The van der Waals surface area contributed by atoms with Crippen molar-refractivity contribution in [3.63, 3.8) is 0 Å². The Bertz CT molecular complexity index is 993. The molecular weight excluding hydrogens is 518 g/mol. The smallest absolute Gasteiger partial charge is 0.258 e. The Kier molecular flexibility index (Phi) is 11.9. The molecule has 2 saturated carbocycles. The van der Waals surface area contributed by atoms with Crippen molar-refractivity contribution in [2.24, 2.45) is 17.8 Å². The number of carbonyl (C=O) groups excluding carboxylic acids is 2. The van der Waals surface area contributed by atoms with E-state index >= 15 is 0 Å². The topological polar surface area (TPSA) is 91.3 Å². The number of fused-ring (bicyclic) bond motifs is 1. The normalized spacial score (nSPS) is 26.1. The predicted molar refractivity (Wildman–Crippen MR) is 162 cm³/mol. The van der Waals surface area contributed by atoms with E-state index in [9.17, 15) is 14.7 Å². The maximum Gasteiger partial charge on any atom is 0.258 e. The van der Waals surface area contributed by atoms with Crippen LogP contribution in [0, 0.1) is 17.8 Å². The fraction of sp³-hybridized carbons (Fsp3) is 0.758. The second kappa shape index (κ2) is 15.4. The lowest BCUT2D eigenvalue weighted by Gasteiger charge is -2.36. The van der Waals surface area contributed by atoms with Gasteiger partial charge in [0, 0.05) is 43.8 Å². The third kappa shape index (κ3) is 9.42. The number of aliphatic hydroxyl groups excluding tert-OH is 1. The van der Waals surface area contributed by atoms with E-state index in [2.05, 4.69) is 24.2 Å². The second-order valence-electron chi connectivity index (χ2n) is 13.0. The minimum Gasteiger partial charge on any atom is -0.490 e. The minimum absolute atomic E-state index is 0.0165. The summed E-state index contributed by atoms with van der Waals surface area (Å²) in [7, 11) is 2.16. The maximum atomic E-state index is 14.3. The first-order chi connectivity index (χ1) is 19.7. The number of carbonyl (C=O) groups is 2. The van der Waals surface area contributed by atoms with Gasteiger partial charge in [0.05, 0.1) is 30.4 Å². The number of hydrogen-bond donors (Lipinski definition) is 2. The monoisotopic (exact) mass is 571 g/mol. The second-order valence-corrected chi connectivity index (χ2v) is 13.0. The van der Waals surface area contributed by atoms with E-state index in [-0.39, 0.29) is 48.5 Å². The van der Waals surface area contributed by atoms with Crippen LogP contribution in [0.25, 0.3) is 0 Å². The van der Waals surface area contributed by atoms with Gasteiger partial charge >= 0.3 is 0 Å². The van der Waals surface area contributed by atoms with Crippen LogP contribution in [0.3, 0.4) is 0 Å². The highest BCUT2D eigenvalue weighted by atomic mass is 16.5. The van der Waals surface area contributed by atoms with Gasteiger partial charge in [-0.1, -0.05) is 26.2 Å². The first-order valence-electron chi connectivity index (χ1n) is 16.1. The summed E-state index contributed by atoms with van der Waals surface area (Å²) in [4.78, 5) is 31.4. The highest BCUT2D eigenvalue weighted by Crippen LogP contribution is 2.31. The van der Waals surface area contributed by atoms with Gasteiger partial charge in [-0.05, 0) is 90.0 Å². The number of benzene rings is 1. The zero-order valence-corrected chi connectivity index (χ0v) is 25.8. The fourth-order valence-electron chi connectivity index (χ4n) is 6.19. The van der Waals surface area contributed by atoms with Crippen molar-refractivity contribution in [3.8, 4) is 5.75 Å². The molecule has 1 aromatic rings. The van der Waals surface area contributed by atoms with Crippen LogP contribution in [0.1, 0.15) is 95.3 Å². The summed E-state index contributed by atoms with van der Waals surface area (Å²) in [6.07, 6.45) is 10.5. The lowest BCUT2D eigenvalue weighted by atomic mass is 9.88. The predicted octanol–water partition coefficient (Wildman–Crippen LogP) is 5.34. The molecule has 4 atom stereocenters. The van der Waals surface area contributed by atoms with Gasteiger partial charge in [0.25, 0.3) is 5.91 Å². The average molecular weight is 572 g/mol. The number of nitrogens with zero attached hydrogens (tertiary/aromatic N) is 2. The van der Waals surface area contributed by atoms with Crippen LogP contribution in [-0.4, -0.2) is 84.9 Å². The van der Waals surface area contributed by atoms with Crippen molar-refractivity contribution in [2.45, 2.75) is 103 Å². The number of rotatable bonds is 8. The summed E-state index contributed by atoms with van der Waals surface area (Å²) in [5, 5.41) is 13.2. The van der Waals surface area contributed by atoms with E-state index in [1.165, 1.54) is 19.3 Å². The summed E-state index contributed by atoms with van der Waals surface area (Å²) in [5.74, 6) is 1.23. The van der Waals surface area contributed by atoms with Crippen molar-refractivity contribution >= 4 is 17.5 Å². The molecule has 41 heavy (non-hydrogen) atoms. The number of anilines is 1. The molecule has 8 heteroatoms. The zero-order chi connectivity index (χ0) is 29.4. The minimum atomic E-state index is -0.381. The molecule has 230 valence electrons. The van der Waals surface area contributed by atoms with Crippen molar-refractivity contribution in [3.05, 3.63) is 23.8 Å². The van der Waals surface area contributed by atoms with Gasteiger partial charge in [-0.2, -0.15) is 0 Å². The molecule has 2 N–H and O–H groups in total. The van der Waals surface area contributed by atoms with E-state index < -0.39 is 0 Å². The average Bonchev–Trinajstić information content (AvgIpc) is 3.78. The SMILES string of the molecule is C[C@@H]1CCCCO[C@H](CN(C)CC2CC2)[C@H](C)CN([C@H](C)CO)C(=O)c2cc(NC(=O)C3CCCCC3)ccc2O1. The zero-order valence-electron chi connectivity index (χ0n) is 25.8. The van der Waals surface area contributed by atoms with E-state index in [4.69, 9.17) is 9.47 Å². The first kappa shape index (κ1) is 31.8. The van der Waals surface area contributed by atoms with Crippen LogP contribution in [0.5, 0.6) is 5.75 Å². The Morgan fingerprint density at radius 3 is 2.51 bits per heavy atom. The lowest BCUT2D eigenvalue weighted by molar-refractivity contribution is -0.120. The Labute approximate surface area is 247 Å². The molecule has 3 aliphatic rings. The van der Waals surface area contributed by atoms with Crippen LogP contribution in [0.4, 0.5) is 5.69 Å². The Morgan fingerprint density at radius 2 is 1.80 bits per heavy atom. The van der Waals surface area contributed by atoms with Crippen molar-refractivity contribution in [1.82, 2.24) is 9.80 Å². The van der Waals surface area contributed by atoms with Gasteiger partial charge in [-0.25, -0.2) is 0 Å². The number of ether oxygens (including phenoxy) is 2. The molecule has 0 bridgehead atoms. The van der Waals surface area contributed by atoms with Gasteiger partial charge in [-0.3, -0.25) is 9.59 Å².